The van der Waals surface area contributed by atoms with Gasteiger partial charge in [0.25, 0.3) is 0 Å². The molecule has 0 N–H and O–H groups in total. The molecule has 4 aliphatic carbocycles. The van der Waals surface area contributed by atoms with Crippen LogP contribution < -0.4 is 0 Å². The lowest BCUT2D eigenvalue weighted by molar-refractivity contribution is -0.0240. The Morgan fingerprint density at radius 2 is 1.69 bits per heavy atom. The highest BCUT2D eigenvalue weighted by molar-refractivity contribution is 5.25. The molecule has 0 saturated heterocycles. The lowest BCUT2D eigenvalue weighted by Gasteiger charge is -2.56. The van der Waals surface area contributed by atoms with E-state index in [1.54, 1.807) is 0 Å². The molecule has 0 aromatic rings. The number of nitrogens with zero attached hydrogens (tertiary/aromatic N) is 1. The van der Waals surface area contributed by atoms with Crippen LogP contribution in [-0.4, -0.2) is 0 Å². The third kappa shape index (κ3) is 1.59. The first kappa shape index (κ1) is 10.4. The molecule has 0 aromatic carbocycles. The lowest BCUT2D eigenvalue weighted by atomic mass is 9.49. The van der Waals surface area contributed by atoms with Gasteiger partial charge in [0, 0.05) is 5.57 Å². The molecule has 1 nitrogen and oxygen atoms in total. The van der Waals surface area contributed by atoms with Crippen LogP contribution in [0.3, 0.4) is 0 Å². The van der Waals surface area contributed by atoms with Gasteiger partial charge in [-0.25, -0.2) is 0 Å². The lowest BCUT2D eigenvalue weighted by Crippen LogP contribution is -2.45. The molecule has 0 amide bonds. The number of nitriles is 1. The van der Waals surface area contributed by atoms with E-state index in [-0.39, 0.29) is 0 Å². The predicted molar refractivity (Wildman–Crippen MR) is 64.6 cm³/mol. The molecular formula is C15H21N. The summed E-state index contributed by atoms with van der Waals surface area (Å²) in [6.45, 7) is 2.11. The maximum atomic E-state index is 9.11. The topological polar surface area (TPSA) is 23.8 Å². The summed E-state index contributed by atoms with van der Waals surface area (Å²) in [6.07, 6.45) is 11.9. The van der Waals surface area contributed by atoms with Crippen LogP contribution in [0.2, 0.25) is 0 Å². The molecule has 0 spiro atoms. The fraction of sp³-hybridized carbons (Fsp3) is 0.800. The van der Waals surface area contributed by atoms with E-state index in [2.05, 4.69) is 19.1 Å². The molecule has 1 heteroatoms. The Bertz CT molecular complexity index is 323. The monoisotopic (exact) mass is 215 g/mol. The molecule has 4 fully saturated rings. The van der Waals surface area contributed by atoms with Gasteiger partial charge in [-0.15, -0.1) is 0 Å². The zero-order valence-electron chi connectivity index (χ0n) is 10.2. The van der Waals surface area contributed by atoms with Gasteiger partial charge in [-0.3, -0.25) is 0 Å². The van der Waals surface area contributed by atoms with Crippen LogP contribution >= 0.6 is 0 Å². The molecule has 4 aliphatic rings. The van der Waals surface area contributed by atoms with Gasteiger partial charge in [0.2, 0.25) is 0 Å². The molecule has 4 rings (SSSR count). The quantitative estimate of drug-likeness (QED) is 0.637. The van der Waals surface area contributed by atoms with E-state index >= 15 is 0 Å². The minimum atomic E-state index is 0.440. The van der Waals surface area contributed by atoms with E-state index in [1.165, 1.54) is 38.5 Å². The van der Waals surface area contributed by atoms with Crippen molar-refractivity contribution in [2.24, 2.45) is 23.2 Å². The summed E-state index contributed by atoms with van der Waals surface area (Å²) in [5, 5.41) is 9.11. The highest BCUT2D eigenvalue weighted by Crippen LogP contribution is 2.60. The summed E-state index contributed by atoms with van der Waals surface area (Å²) in [4.78, 5) is 0. The van der Waals surface area contributed by atoms with Gasteiger partial charge in [0.15, 0.2) is 0 Å². The summed E-state index contributed by atoms with van der Waals surface area (Å²) in [5.74, 6) is 2.96. The second-order valence-electron chi connectivity index (χ2n) is 6.41. The molecule has 0 aromatic heterocycles. The van der Waals surface area contributed by atoms with Crippen molar-refractivity contribution in [1.29, 1.82) is 5.26 Å². The third-order valence-electron chi connectivity index (χ3n) is 5.09. The fourth-order valence-electron chi connectivity index (χ4n) is 4.94. The Hall–Kier alpha value is -0.770. The zero-order chi connectivity index (χ0) is 11.2. The Kier molecular flexibility index (Phi) is 2.35. The van der Waals surface area contributed by atoms with Crippen molar-refractivity contribution >= 4 is 0 Å². The Morgan fingerprint density at radius 3 is 2.06 bits per heavy atom. The molecule has 0 atom stereocenters. The van der Waals surface area contributed by atoms with Crippen LogP contribution in [-0.2, 0) is 0 Å². The molecule has 86 valence electrons. The minimum Gasteiger partial charge on any atom is -0.193 e. The van der Waals surface area contributed by atoms with Crippen molar-refractivity contribution in [1.82, 2.24) is 0 Å². The SMILES string of the molecule is CC/C(C#N)=C\C12CC3CC(CC(C3)C1)C2. The smallest absolute Gasteiger partial charge is 0.0943 e. The van der Waals surface area contributed by atoms with E-state index in [9.17, 15) is 0 Å². The molecule has 0 unspecified atom stereocenters. The molecule has 4 bridgehead atoms. The van der Waals surface area contributed by atoms with Crippen LogP contribution in [0.1, 0.15) is 51.9 Å². The minimum absolute atomic E-state index is 0.440. The average molecular weight is 215 g/mol. The van der Waals surface area contributed by atoms with Crippen molar-refractivity contribution in [3.05, 3.63) is 11.6 Å². The van der Waals surface area contributed by atoms with Gasteiger partial charge < -0.3 is 0 Å². The van der Waals surface area contributed by atoms with Gasteiger partial charge in [-0.05, 0) is 68.1 Å². The van der Waals surface area contributed by atoms with Crippen LogP contribution in [0.5, 0.6) is 0 Å². The van der Waals surface area contributed by atoms with E-state index in [1.807, 2.05) is 0 Å². The second kappa shape index (κ2) is 3.62. The largest absolute Gasteiger partial charge is 0.193 e. The van der Waals surface area contributed by atoms with E-state index in [0.717, 1.165) is 29.7 Å². The van der Waals surface area contributed by atoms with Crippen molar-refractivity contribution < 1.29 is 0 Å². The van der Waals surface area contributed by atoms with Crippen LogP contribution in [0.15, 0.2) is 11.6 Å². The van der Waals surface area contributed by atoms with E-state index in [4.69, 9.17) is 5.26 Å². The maximum Gasteiger partial charge on any atom is 0.0943 e. The van der Waals surface area contributed by atoms with Crippen LogP contribution in [0, 0.1) is 34.5 Å². The zero-order valence-corrected chi connectivity index (χ0v) is 10.2. The predicted octanol–water partition coefficient (Wildman–Crippen LogP) is 4.06. The number of hydrogen-bond donors (Lipinski definition) is 0. The first-order valence-electron chi connectivity index (χ1n) is 6.85. The van der Waals surface area contributed by atoms with Crippen LogP contribution in [0.4, 0.5) is 0 Å². The van der Waals surface area contributed by atoms with Crippen molar-refractivity contribution in [3.63, 3.8) is 0 Å². The molecule has 16 heavy (non-hydrogen) atoms. The Morgan fingerprint density at radius 1 is 1.19 bits per heavy atom. The Balaban J connectivity index is 1.89. The van der Waals surface area contributed by atoms with Crippen molar-refractivity contribution in [2.45, 2.75) is 51.9 Å². The normalized spacial score (nSPS) is 45.8. The van der Waals surface area contributed by atoms with E-state index < -0.39 is 0 Å². The molecule has 0 radical (unpaired) electrons. The molecule has 0 aliphatic heterocycles. The third-order valence-corrected chi connectivity index (χ3v) is 5.09. The maximum absolute atomic E-state index is 9.11. The number of hydrogen-bond acceptors (Lipinski definition) is 1. The van der Waals surface area contributed by atoms with Gasteiger partial charge in [-0.2, -0.15) is 5.26 Å². The standard InChI is InChI=1S/C15H21N/c1-2-11(10-16)6-15-7-12-3-13(8-15)5-14(4-12)9-15/h6,12-14H,2-5,7-9H2,1H3/b11-6+. The van der Waals surface area contributed by atoms with Gasteiger partial charge in [-0.1, -0.05) is 13.0 Å². The van der Waals surface area contributed by atoms with Crippen molar-refractivity contribution in [3.8, 4) is 6.07 Å². The second-order valence-corrected chi connectivity index (χ2v) is 6.41. The van der Waals surface area contributed by atoms with Gasteiger partial charge in [0.05, 0.1) is 6.07 Å². The molecule has 0 heterocycles. The van der Waals surface area contributed by atoms with Gasteiger partial charge in [0.1, 0.15) is 0 Å². The van der Waals surface area contributed by atoms with E-state index in [0.29, 0.717) is 5.41 Å². The highest BCUT2D eigenvalue weighted by atomic mass is 14.5. The first-order valence-corrected chi connectivity index (χ1v) is 6.85. The summed E-state index contributed by atoms with van der Waals surface area (Å²) in [6, 6.07) is 2.39. The Labute approximate surface area is 98.5 Å². The first-order chi connectivity index (χ1) is 7.73. The summed E-state index contributed by atoms with van der Waals surface area (Å²) < 4.78 is 0. The summed E-state index contributed by atoms with van der Waals surface area (Å²) in [7, 11) is 0. The summed E-state index contributed by atoms with van der Waals surface area (Å²) >= 11 is 0. The fourth-order valence-corrected chi connectivity index (χ4v) is 4.94. The molecular weight excluding hydrogens is 194 g/mol. The molecule has 4 saturated carbocycles. The highest BCUT2D eigenvalue weighted by Gasteiger charge is 2.49. The van der Waals surface area contributed by atoms with Gasteiger partial charge >= 0.3 is 0 Å². The number of allylic oxidation sites excluding steroid dienone is 2. The van der Waals surface area contributed by atoms with Crippen LogP contribution in [0.25, 0.3) is 0 Å². The van der Waals surface area contributed by atoms with Crippen molar-refractivity contribution in [2.75, 3.05) is 0 Å². The number of rotatable bonds is 2. The summed E-state index contributed by atoms with van der Waals surface area (Å²) in [5.41, 5.74) is 1.47. The average Bonchev–Trinajstić information content (AvgIpc) is 2.24.